The SMILES string of the molecule is C=CCNC(N)=NCC1(N2CCCC2)CCOCC1. The summed E-state index contributed by atoms with van der Waals surface area (Å²) < 4.78 is 5.52. The lowest BCUT2D eigenvalue weighted by Gasteiger charge is -2.43. The lowest BCUT2D eigenvalue weighted by molar-refractivity contribution is -0.0138. The smallest absolute Gasteiger partial charge is 0.188 e. The van der Waals surface area contributed by atoms with Crippen molar-refractivity contribution in [1.29, 1.82) is 0 Å². The molecule has 19 heavy (non-hydrogen) atoms. The van der Waals surface area contributed by atoms with Crippen LogP contribution in [-0.4, -0.2) is 55.8 Å². The number of nitrogens with zero attached hydrogens (tertiary/aromatic N) is 2. The maximum atomic E-state index is 5.88. The van der Waals surface area contributed by atoms with Gasteiger partial charge in [-0.1, -0.05) is 6.08 Å². The van der Waals surface area contributed by atoms with Gasteiger partial charge in [-0.25, -0.2) is 0 Å². The van der Waals surface area contributed by atoms with Crippen molar-refractivity contribution < 1.29 is 4.74 Å². The zero-order valence-corrected chi connectivity index (χ0v) is 11.7. The van der Waals surface area contributed by atoms with Gasteiger partial charge in [0.1, 0.15) is 0 Å². The van der Waals surface area contributed by atoms with Crippen LogP contribution in [0.5, 0.6) is 0 Å². The van der Waals surface area contributed by atoms with Crippen LogP contribution in [0.2, 0.25) is 0 Å². The van der Waals surface area contributed by atoms with E-state index >= 15 is 0 Å². The molecule has 0 aromatic rings. The highest BCUT2D eigenvalue weighted by atomic mass is 16.5. The van der Waals surface area contributed by atoms with Crippen molar-refractivity contribution in [3.63, 3.8) is 0 Å². The van der Waals surface area contributed by atoms with Gasteiger partial charge in [-0.15, -0.1) is 6.58 Å². The molecule has 5 nitrogen and oxygen atoms in total. The average Bonchev–Trinajstić information content (AvgIpc) is 2.98. The van der Waals surface area contributed by atoms with E-state index in [1.54, 1.807) is 6.08 Å². The number of ether oxygens (including phenoxy) is 1. The summed E-state index contributed by atoms with van der Waals surface area (Å²) in [6.07, 6.45) is 6.51. The molecule has 2 heterocycles. The Kier molecular flexibility index (Phi) is 5.22. The number of nitrogens with two attached hydrogens (primary N) is 1. The fraction of sp³-hybridized carbons (Fsp3) is 0.786. The number of aliphatic imine (C=N–C) groups is 1. The summed E-state index contributed by atoms with van der Waals surface area (Å²) in [4.78, 5) is 7.14. The number of rotatable bonds is 5. The van der Waals surface area contributed by atoms with Gasteiger partial charge in [-0.2, -0.15) is 0 Å². The third-order valence-corrected chi connectivity index (χ3v) is 4.17. The van der Waals surface area contributed by atoms with E-state index in [1.165, 1.54) is 25.9 Å². The molecule has 5 heteroatoms. The fourth-order valence-corrected chi connectivity index (χ4v) is 2.98. The van der Waals surface area contributed by atoms with E-state index in [0.717, 1.165) is 32.6 Å². The number of guanidine groups is 1. The largest absolute Gasteiger partial charge is 0.381 e. The lowest BCUT2D eigenvalue weighted by Crippen LogP contribution is -2.53. The first-order valence-corrected chi connectivity index (χ1v) is 7.24. The summed E-state index contributed by atoms with van der Waals surface area (Å²) in [6, 6.07) is 0. The Morgan fingerprint density at radius 3 is 2.68 bits per heavy atom. The minimum atomic E-state index is 0.162. The monoisotopic (exact) mass is 266 g/mol. The molecule has 3 N–H and O–H groups in total. The Bertz CT molecular complexity index is 317. The van der Waals surface area contributed by atoms with E-state index in [1.807, 2.05) is 0 Å². The van der Waals surface area contributed by atoms with E-state index in [0.29, 0.717) is 12.5 Å². The number of hydrogen-bond acceptors (Lipinski definition) is 3. The zero-order chi connectivity index (χ0) is 13.6. The first kappa shape index (κ1) is 14.3. The molecule has 0 aromatic heterocycles. The first-order valence-electron chi connectivity index (χ1n) is 7.24. The van der Waals surface area contributed by atoms with Crippen molar-refractivity contribution in [3.05, 3.63) is 12.7 Å². The molecule has 2 rings (SSSR count). The lowest BCUT2D eigenvalue weighted by atomic mass is 9.88. The summed E-state index contributed by atoms with van der Waals surface area (Å²) in [5, 5.41) is 3.04. The van der Waals surface area contributed by atoms with E-state index < -0.39 is 0 Å². The van der Waals surface area contributed by atoms with Gasteiger partial charge in [0.25, 0.3) is 0 Å². The van der Waals surface area contributed by atoms with Crippen LogP contribution >= 0.6 is 0 Å². The maximum Gasteiger partial charge on any atom is 0.188 e. The maximum absolute atomic E-state index is 5.88. The Hall–Kier alpha value is -1.07. The molecule has 0 bridgehead atoms. The van der Waals surface area contributed by atoms with Gasteiger partial charge < -0.3 is 15.8 Å². The first-order chi connectivity index (χ1) is 9.27. The van der Waals surface area contributed by atoms with Crippen molar-refractivity contribution in [2.45, 2.75) is 31.2 Å². The van der Waals surface area contributed by atoms with Crippen LogP contribution in [0.15, 0.2) is 17.6 Å². The van der Waals surface area contributed by atoms with Crippen molar-refractivity contribution in [3.8, 4) is 0 Å². The van der Waals surface area contributed by atoms with E-state index in [-0.39, 0.29) is 5.54 Å². The zero-order valence-electron chi connectivity index (χ0n) is 11.7. The van der Waals surface area contributed by atoms with Crippen molar-refractivity contribution in [1.82, 2.24) is 10.2 Å². The normalized spacial score (nSPS) is 24.3. The molecule has 0 saturated carbocycles. The van der Waals surface area contributed by atoms with Crippen molar-refractivity contribution in [2.24, 2.45) is 10.7 Å². The van der Waals surface area contributed by atoms with E-state index in [4.69, 9.17) is 10.5 Å². The standard InChI is InChI=1S/C14H26N4O/c1-2-7-16-13(15)17-12-14(5-10-19-11-6-14)18-8-3-4-9-18/h2H,1,3-12H2,(H3,15,16,17). The molecule has 0 unspecified atom stereocenters. The molecule has 0 aromatic carbocycles. The van der Waals surface area contributed by atoms with Crippen LogP contribution in [0.4, 0.5) is 0 Å². The predicted molar refractivity (Wildman–Crippen MR) is 78.3 cm³/mol. The van der Waals surface area contributed by atoms with Crippen LogP contribution in [0.25, 0.3) is 0 Å². The molecule has 2 saturated heterocycles. The van der Waals surface area contributed by atoms with Crippen LogP contribution in [0.3, 0.4) is 0 Å². The van der Waals surface area contributed by atoms with Gasteiger partial charge in [0.2, 0.25) is 0 Å². The molecule has 2 aliphatic heterocycles. The van der Waals surface area contributed by atoms with Gasteiger partial charge >= 0.3 is 0 Å². The van der Waals surface area contributed by atoms with Gasteiger partial charge in [-0.05, 0) is 38.8 Å². The molecule has 2 aliphatic rings. The molecule has 0 atom stereocenters. The van der Waals surface area contributed by atoms with E-state index in [9.17, 15) is 0 Å². The number of nitrogens with one attached hydrogen (secondary N) is 1. The Balaban J connectivity index is 1.98. The number of hydrogen-bond donors (Lipinski definition) is 2. The van der Waals surface area contributed by atoms with Crippen molar-refractivity contribution in [2.75, 3.05) is 39.4 Å². The molecule has 0 aliphatic carbocycles. The van der Waals surface area contributed by atoms with Crippen LogP contribution in [0, 0.1) is 0 Å². The summed E-state index contributed by atoms with van der Waals surface area (Å²) in [6.45, 7) is 9.15. The molecular weight excluding hydrogens is 240 g/mol. The van der Waals surface area contributed by atoms with Gasteiger partial charge in [-0.3, -0.25) is 9.89 Å². The highest BCUT2D eigenvalue weighted by Crippen LogP contribution is 2.31. The van der Waals surface area contributed by atoms with E-state index in [2.05, 4.69) is 21.8 Å². The van der Waals surface area contributed by atoms with Crippen molar-refractivity contribution >= 4 is 5.96 Å². The highest BCUT2D eigenvalue weighted by Gasteiger charge is 2.39. The topological polar surface area (TPSA) is 62.9 Å². The Morgan fingerprint density at radius 1 is 1.37 bits per heavy atom. The summed E-state index contributed by atoms with van der Waals surface area (Å²) >= 11 is 0. The second-order valence-corrected chi connectivity index (χ2v) is 5.40. The molecule has 0 radical (unpaired) electrons. The molecule has 2 fully saturated rings. The molecule has 108 valence electrons. The average molecular weight is 266 g/mol. The van der Waals surface area contributed by atoms with Crippen LogP contribution < -0.4 is 11.1 Å². The molecular formula is C14H26N4O. The second-order valence-electron chi connectivity index (χ2n) is 5.40. The minimum absolute atomic E-state index is 0.162. The Labute approximate surface area is 115 Å². The summed E-state index contributed by atoms with van der Waals surface area (Å²) in [5.74, 6) is 0.518. The minimum Gasteiger partial charge on any atom is -0.381 e. The van der Waals surface area contributed by atoms with Gasteiger partial charge in [0.15, 0.2) is 5.96 Å². The second kappa shape index (κ2) is 6.91. The number of likely N-dealkylation sites (tertiary alicyclic amines) is 1. The van der Waals surface area contributed by atoms with Crippen LogP contribution in [-0.2, 0) is 4.74 Å². The quantitative estimate of drug-likeness (QED) is 0.437. The van der Waals surface area contributed by atoms with Gasteiger partial charge in [0, 0.05) is 25.3 Å². The van der Waals surface area contributed by atoms with Crippen LogP contribution in [0.1, 0.15) is 25.7 Å². The highest BCUT2D eigenvalue weighted by molar-refractivity contribution is 5.77. The Morgan fingerprint density at radius 2 is 2.05 bits per heavy atom. The third kappa shape index (κ3) is 3.70. The fourth-order valence-electron chi connectivity index (χ4n) is 2.98. The molecule has 0 spiro atoms. The van der Waals surface area contributed by atoms with Gasteiger partial charge in [0.05, 0.1) is 6.54 Å². The summed E-state index contributed by atoms with van der Waals surface area (Å²) in [7, 11) is 0. The summed E-state index contributed by atoms with van der Waals surface area (Å²) in [5.41, 5.74) is 6.04. The predicted octanol–water partition coefficient (Wildman–Crippen LogP) is 0.722. The third-order valence-electron chi connectivity index (χ3n) is 4.17. The molecule has 0 amide bonds.